The van der Waals surface area contributed by atoms with Crippen molar-refractivity contribution < 1.29 is 19.5 Å². The summed E-state index contributed by atoms with van der Waals surface area (Å²) in [5.41, 5.74) is 0. The minimum atomic E-state index is -1.21. The fraction of sp³-hybridized carbons (Fsp3) is 0.778. The highest BCUT2D eigenvalue weighted by Gasteiger charge is 2.24. The van der Waals surface area contributed by atoms with E-state index < -0.39 is 18.0 Å². The Morgan fingerprint density at radius 3 is 2.33 bits per heavy atom. The summed E-state index contributed by atoms with van der Waals surface area (Å²) in [6.07, 6.45) is -0.766. The number of nitrogens with one attached hydrogen (secondary N) is 1. The first kappa shape index (κ1) is 13.7. The molecule has 0 aliphatic rings. The van der Waals surface area contributed by atoms with Gasteiger partial charge in [0.05, 0.1) is 7.11 Å². The van der Waals surface area contributed by atoms with Crippen molar-refractivity contribution in [1.82, 2.24) is 10.4 Å². The second-order valence-electron chi connectivity index (χ2n) is 3.65. The number of likely N-dealkylation sites (N-methyl/N-ethyl adjacent to an activating group) is 1. The van der Waals surface area contributed by atoms with Crippen molar-refractivity contribution in [3.63, 3.8) is 0 Å². The van der Waals surface area contributed by atoms with E-state index in [9.17, 15) is 9.59 Å². The van der Waals surface area contributed by atoms with Crippen molar-refractivity contribution >= 4 is 12.0 Å². The third kappa shape index (κ3) is 5.21. The van der Waals surface area contributed by atoms with Crippen molar-refractivity contribution in [2.24, 2.45) is 5.92 Å². The van der Waals surface area contributed by atoms with Crippen LogP contribution in [0, 0.1) is 5.92 Å². The van der Waals surface area contributed by atoms with Crippen molar-refractivity contribution in [3.05, 3.63) is 0 Å². The zero-order valence-electron chi connectivity index (χ0n) is 9.48. The van der Waals surface area contributed by atoms with Gasteiger partial charge in [0.1, 0.15) is 6.04 Å². The summed E-state index contributed by atoms with van der Waals surface area (Å²) in [5.74, 6) is -0.176. The smallest absolute Gasteiger partial charge is 0.405 e. The summed E-state index contributed by atoms with van der Waals surface area (Å²) >= 11 is 0. The molecule has 0 heterocycles. The molecule has 2 N–H and O–H groups in total. The van der Waals surface area contributed by atoms with Crippen LogP contribution in [-0.4, -0.2) is 42.4 Å². The fourth-order valence-electron chi connectivity index (χ4n) is 1.15. The van der Waals surface area contributed by atoms with Crippen LogP contribution < -0.4 is 5.32 Å². The monoisotopic (exact) mass is 218 g/mol. The first-order valence-electron chi connectivity index (χ1n) is 4.69. The molecular weight excluding hydrogens is 200 g/mol. The molecule has 15 heavy (non-hydrogen) atoms. The average Bonchev–Trinajstić information content (AvgIpc) is 2.13. The average molecular weight is 218 g/mol. The van der Waals surface area contributed by atoms with Gasteiger partial charge < -0.3 is 10.4 Å². The van der Waals surface area contributed by atoms with E-state index in [-0.39, 0.29) is 5.92 Å². The molecule has 0 radical (unpaired) electrons. The summed E-state index contributed by atoms with van der Waals surface area (Å²) in [5, 5.41) is 11.8. The minimum Gasteiger partial charge on any atom is -0.465 e. The Morgan fingerprint density at radius 2 is 2.00 bits per heavy atom. The van der Waals surface area contributed by atoms with Crippen LogP contribution >= 0.6 is 0 Å². The summed E-state index contributed by atoms with van der Waals surface area (Å²) in [6.45, 7) is 3.83. The summed E-state index contributed by atoms with van der Waals surface area (Å²) in [7, 11) is 2.80. The number of amides is 2. The normalized spacial score (nSPS) is 12.3. The topological polar surface area (TPSA) is 78.9 Å². The summed E-state index contributed by atoms with van der Waals surface area (Å²) < 4.78 is 0. The molecule has 88 valence electrons. The number of nitrogens with zero attached hydrogens (tertiary/aromatic N) is 1. The van der Waals surface area contributed by atoms with E-state index in [1.54, 1.807) is 0 Å². The molecule has 0 saturated carbocycles. The van der Waals surface area contributed by atoms with Crippen LogP contribution in [0.2, 0.25) is 0 Å². The van der Waals surface area contributed by atoms with Gasteiger partial charge in [0, 0.05) is 7.05 Å². The molecule has 0 bridgehead atoms. The van der Waals surface area contributed by atoms with E-state index in [0.717, 1.165) is 5.06 Å². The molecule has 0 saturated heterocycles. The molecule has 1 unspecified atom stereocenters. The molecule has 0 spiro atoms. The van der Waals surface area contributed by atoms with Gasteiger partial charge in [0.2, 0.25) is 0 Å². The number of carbonyl (C=O) groups excluding carboxylic acids is 1. The van der Waals surface area contributed by atoms with Gasteiger partial charge in [-0.25, -0.2) is 9.86 Å². The number of hydroxylamine groups is 2. The molecule has 0 rings (SSSR count). The van der Waals surface area contributed by atoms with Gasteiger partial charge >= 0.3 is 6.09 Å². The van der Waals surface area contributed by atoms with E-state index in [1.807, 2.05) is 13.8 Å². The van der Waals surface area contributed by atoms with Crippen LogP contribution in [0.3, 0.4) is 0 Å². The molecule has 2 amide bonds. The molecule has 0 aliphatic heterocycles. The SMILES string of the molecule is CON(C)C(=O)C(CC(C)C)NC(=O)O. The van der Waals surface area contributed by atoms with Crippen LogP contribution in [0.15, 0.2) is 0 Å². The van der Waals surface area contributed by atoms with E-state index >= 15 is 0 Å². The van der Waals surface area contributed by atoms with Crippen LogP contribution in [0.5, 0.6) is 0 Å². The van der Waals surface area contributed by atoms with Gasteiger partial charge in [-0.15, -0.1) is 0 Å². The molecule has 0 aromatic rings. The molecule has 0 aromatic heterocycles. The van der Waals surface area contributed by atoms with Gasteiger partial charge in [-0.05, 0) is 12.3 Å². The number of carboxylic acid groups (broad SMARTS) is 1. The lowest BCUT2D eigenvalue weighted by Crippen LogP contribution is -2.47. The Kier molecular flexibility index (Phi) is 5.69. The first-order chi connectivity index (χ1) is 6.88. The summed E-state index contributed by atoms with van der Waals surface area (Å²) in [6, 6.07) is -0.757. The number of hydrogen-bond acceptors (Lipinski definition) is 3. The standard InChI is InChI=1S/C9H18N2O4/c1-6(2)5-7(10-9(13)14)8(12)11(3)15-4/h6-7,10H,5H2,1-4H3,(H,13,14). The highest BCUT2D eigenvalue weighted by molar-refractivity contribution is 5.84. The Bertz CT molecular complexity index is 230. The molecule has 0 fully saturated rings. The maximum Gasteiger partial charge on any atom is 0.405 e. The fourth-order valence-corrected chi connectivity index (χ4v) is 1.15. The molecule has 6 nitrogen and oxygen atoms in total. The predicted molar refractivity (Wildman–Crippen MR) is 54.2 cm³/mol. The van der Waals surface area contributed by atoms with Gasteiger partial charge in [-0.1, -0.05) is 13.8 Å². The van der Waals surface area contributed by atoms with E-state index in [2.05, 4.69) is 5.32 Å². The quantitative estimate of drug-likeness (QED) is 0.665. The van der Waals surface area contributed by atoms with Crippen molar-refractivity contribution in [2.45, 2.75) is 26.3 Å². The van der Waals surface area contributed by atoms with Gasteiger partial charge in [0.25, 0.3) is 5.91 Å². The van der Waals surface area contributed by atoms with Gasteiger partial charge in [-0.3, -0.25) is 9.63 Å². The van der Waals surface area contributed by atoms with E-state index in [0.29, 0.717) is 6.42 Å². The van der Waals surface area contributed by atoms with Crippen molar-refractivity contribution in [2.75, 3.05) is 14.2 Å². The number of carbonyl (C=O) groups is 2. The van der Waals surface area contributed by atoms with Crippen LogP contribution in [-0.2, 0) is 9.63 Å². The van der Waals surface area contributed by atoms with E-state index in [1.165, 1.54) is 14.2 Å². The molecule has 0 aliphatic carbocycles. The lowest BCUT2D eigenvalue weighted by Gasteiger charge is -2.22. The van der Waals surface area contributed by atoms with E-state index in [4.69, 9.17) is 9.94 Å². The van der Waals surface area contributed by atoms with Crippen LogP contribution in [0.4, 0.5) is 4.79 Å². The molecule has 6 heteroatoms. The van der Waals surface area contributed by atoms with Gasteiger partial charge in [-0.2, -0.15) is 0 Å². The molecule has 1 atom stereocenters. The van der Waals surface area contributed by atoms with Crippen molar-refractivity contribution in [3.8, 4) is 0 Å². The number of rotatable bonds is 5. The second-order valence-corrected chi connectivity index (χ2v) is 3.65. The lowest BCUT2D eigenvalue weighted by atomic mass is 10.0. The van der Waals surface area contributed by atoms with Crippen molar-refractivity contribution in [1.29, 1.82) is 0 Å². The molecular formula is C9H18N2O4. The third-order valence-electron chi connectivity index (χ3n) is 1.89. The largest absolute Gasteiger partial charge is 0.465 e. The Labute approximate surface area is 89.2 Å². The maximum atomic E-state index is 11.6. The zero-order chi connectivity index (χ0) is 12.0. The maximum absolute atomic E-state index is 11.6. The Morgan fingerprint density at radius 1 is 1.47 bits per heavy atom. The highest BCUT2D eigenvalue weighted by Crippen LogP contribution is 2.07. The first-order valence-corrected chi connectivity index (χ1v) is 4.69. The highest BCUT2D eigenvalue weighted by atomic mass is 16.7. The Balaban J connectivity index is 4.47. The number of hydrogen-bond donors (Lipinski definition) is 2. The predicted octanol–water partition coefficient (Wildman–Crippen LogP) is 0.688. The molecule has 0 aromatic carbocycles. The lowest BCUT2D eigenvalue weighted by molar-refractivity contribution is -0.171. The Hall–Kier alpha value is -1.30. The minimum absolute atomic E-state index is 0.219. The zero-order valence-corrected chi connectivity index (χ0v) is 9.48. The third-order valence-corrected chi connectivity index (χ3v) is 1.89. The van der Waals surface area contributed by atoms with Crippen LogP contribution in [0.1, 0.15) is 20.3 Å². The van der Waals surface area contributed by atoms with Crippen LogP contribution in [0.25, 0.3) is 0 Å². The van der Waals surface area contributed by atoms with Gasteiger partial charge in [0.15, 0.2) is 0 Å². The second kappa shape index (κ2) is 6.23. The summed E-state index contributed by atoms with van der Waals surface area (Å²) in [4.78, 5) is 26.8.